The molecule has 2 aromatic heterocycles. The van der Waals surface area contributed by atoms with Crippen LogP contribution in [0.15, 0.2) is 24.7 Å². The second-order valence-electron chi connectivity index (χ2n) is 2.66. The lowest BCUT2D eigenvalue weighted by Crippen LogP contribution is -1.89. The van der Waals surface area contributed by atoms with Crippen LogP contribution in [0.4, 0.5) is 0 Å². The summed E-state index contributed by atoms with van der Waals surface area (Å²) in [4.78, 5) is 4.02. The van der Waals surface area contributed by atoms with Crippen LogP contribution < -0.4 is 0 Å². The first-order valence-electron chi connectivity index (χ1n) is 3.91. The molecule has 12 heavy (non-hydrogen) atoms. The Labute approximate surface area is 75.8 Å². The summed E-state index contributed by atoms with van der Waals surface area (Å²) in [6, 6.07) is 1.98. The molecule has 0 aromatic carbocycles. The lowest BCUT2D eigenvalue weighted by molar-refractivity contribution is 0.797. The topological polar surface area (TPSA) is 17.8 Å². The molecule has 0 unspecified atom stereocenters. The molecular weight excluding hydrogens is 172 g/mol. The molecule has 0 aliphatic rings. The minimum Gasteiger partial charge on any atom is -0.346 e. The van der Waals surface area contributed by atoms with Gasteiger partial charge in [0.15, 0.2) is 0 Å². The van der Waals surface area contributed by atoms with E-state index in [2.05, 4.69) is 16.5 Å². The third kappa shape index (κ3) is 0.994. The first kappa shape index (κ1) is 7.62. The summed E-state index contributed by atoms with van der Waals surface area (Å²) in [6.45, 7) is 3.03. The lowest BCUT2D eigenvalue weighted by atomic mass is 10.3. The highest BCUT2D eigenvalue weighted by molar-refractivity contribution is 6.35. The van der Waals surface area contributed by atoms with E-state index >= 15 is 0 Å². The van der Waals surface area contributed by atoms with E-state index in [1.807, 2.05) is 12.3 Å². The molecule has 2 rings (SSSR count). The van der Waals surface area contributed by atoms with Gasteiger partial charge in [-0.1, -0.05) is 11.6 Å². The number of rotatable bonds is 1. The summed E-state index contributed by atoms with van der Waals surface area (Å²) >= 11 is 6.00. The molecular formula is C9H9ClN2. The minimum absolute atomic E-state index is 0.778. The van der Waals surface area contributed by atoms with Gasteiger partial charge in [0.05, 0.1) is 10.5 Å². The summed E-state index contributed by atoms with van der Waals surface area (Å²) < 4.78 is 2.11. The number of pyridine rings is 1. The van der Waals surface area contributed by atoms with E-state index in [-0.39, 0.29) is 0 Å². The van der Waals surface area contributed by atoms with Crippen molar-refractivity contribution in [1.29, 1.82) is 0 Å². The Kier molecular flexibility index (Phi) is 1.77. The van der Waals surface area contributed by atoms with Crippen LogP contribution in [0.2, 0.25) is 5.02 Å². The first-order chi connectivity index (χ1) is 5.83. The van der Waals surface area contributed by atoms with Gasteiger partial charge in [0.1, 0.15) is 0 Å². The van der Waals surface area contributed by atoms with Crippen LogP contribution in [0.25, 0.3) is 10.9 Å². The molecule has 0 N–H and O–H groups in total. The van der Waals surface area contributed by atoms with E-state index in [1.165, 1.54) is 0 Å². The fourth-order valence-corrected chi connectivity index (χ4v) is 1.62. The Morgan fingerprint density at radius 3 is 3.17 bits per heavy atom. The van der Waals surface area contributed by atoms with Gasteiger partial charge >= 0.3 is 0 Å². The first-order valence-corrected chi connectivity index (χ1v) is 4.29. The Hall–Kier alpha value is -1.02. The van der Waals surface area contributed by atoms with Crippen LogP contribution >= 0.6 is 11.6 Å². The Morgan fingerprint density at radius 2 is 2.42 bits per heavy atom. The van der Waals surface area contributed by atoms with Gasteiger partial charge in [-0.2, -0.15) is 0 Å². The van der Waals surface area contributed by atoms with E-state index in [4.69, 9.17) is 11.6 Å². The molecule has 0 bridgehead atoms. The van der Waals surface area contributed by atoms with Crippen molar-refractivity contribution in [2.75, 3.05) is 0 Å². The van der Waals surface area contributed by atoms with Gasteiger partial charge in [-0.15, -0.1) is 0 Å². The zero-order chi connectivity index (χ0) is 8.55. The number of aryl methyl sites for hydroxylation is 1. The number of hydrogen-bond donors (Lipinski definition) is 0. The van der Waals surface area contributed by atoms with Crippen LogP contribution in [0.5, 0.6) is 0 Å². The Morgan fingerprint density at radius 1 is 1.58 bits per heavy atom. The van der Waals surface area contributed by atoms with Crippen molar-refractivity contribution in [2.24, 2.45) is 0 Å². The van der Waals surface area contributed by atoms with Crippen LogP contribution in [-0.2, 0) is 6.54 Å². The number of halogens is 1. The molecule has 0 amide bonds. The number of nitrogens with zero attached hydrogens (tertiary/aromatic N) is 2. The zero-order valence-electron chi connectivity index (χ0n) is 6.79. The normalized spacial score (nSPS) is 10.8. The lowest BCUT2D eigenvalue weighted by Gasteiger charge is -1.97. The second-order valence-corrected chi connectivity index (χ2v) is 3.06. The van der Waals surface area contributed by atoms with E-state index in [1.54, 1.807) is 12.4 Å². The molecule has 2 nitrogen and oxygen atoms in total. The SMILES string of the molecule is CCn1cc(Cl)c2cnccc21. The molecule has 0 spiro atoms. The third-order valence-corrected chi connectivity index (χ3v) is 2.28. The van der Waals surface area contributed by atoms with Gasteiger partial charge < -0.3 is 4.57 Å². The summed E-state index contributed by atoms with van der Waals surface area (Å²) in [5.74, 6) is 0. The maximum absolute atomic E-state index is 6.00. The van der Waals surface area contributed by atoms with Gasteiger partial charge in [0, 0.05) is 30.5 Å². The Bertz CT molecular complexity index is 406. The molecule has 0 aliphatic heterocycles. The number of fused-ring (bicyclic) bond motifs is 1. The van der Waals surface area contributed by atoms with Crippen molar-refractivity contribution in [1.82, 2.24) is 9.55 Å². The van der Waals surface area contributed by atoms with Crippen molar-refractivity contribution in [3.05, 3.63) is 29.7 Å². The van der Waals surface area contributed by atoms with Crippen LogP contribution in [-0.4, -0.2) is 9.55 Å². The van der Waals surface area contributed by atoms with Crippen molar-refractivity contribution < 1.29 is 0 Å². The van der Waals surface area contributed by atoms with Crippen molar-refractivity contribution in [3.63, 3.8) is 0 Å². The third-order valence-electron chi connectivity index (χ3n) is 1.97. The maximum atomic E-state index is 6.00. The van der Waals surface area contributed by atoms with Crippen LogP contribution in [0.3, 0.4) is 0 Å². The van der Waals surface area contributed by atoms with Gasteiger partial charge in [0.25, 0.3) is 0 Å². The highest BCUT2D eigenvalue weighted by Gasteiger charge is 2.03. The van der Waals surface area contributed by atoms with E-state index in [9.17, 15) is 0 Å². The highest BCUT2D eigenvalue weighted by Crippen LogP contribution is 2.24. The van der Waals surface area contributed by atoms with Gasteiger partial charge in [-0.3, -0.25) is 4.98 Å². The van der Waals surface area contributed by atoms with E-state index < -0.39 is 0 Å². The fraction of sp³-hybridized carbons (Fsp3) is 0.222. The molecule has 0 radical (unpaired) electrons. The molecule has 0 aliphatic carbocycles. The molecule has 3 heteroatoms. The summed E-state index contributed by atoms with van der Waals surface area (Å²) in [6.07, 6.45) is 5.52. The summed E-state index contributed by atoms with van der Waals surface area (Å²) in [5, 5.41) is 1.81. The highest BCUT2D eigenvalue weighted by atomic mass is 35.5. The molecule has 2 aromatic rings. The average Bonchev–Trinajstić information content (AvgIpc) is 2.44. The van der Waals surface area contributed by atoms with Gasteiger partial charge in [-0.05, 0) is 13.0 Å². The zero-order valence-corrected chi connectivity index (χ0v) is 7.54. The van der Waals surface area contributed by atoms with E-state index in [0.717, 1.165) is 22.5 Å². The summed E-state index contributed by atoms with van der Waals surface area (Å²) in [5.41, 5.74) is 1.15. The van der Waals surface area contributed by atoms with Crippen LogP contribution in [0.1, 0.15) is 6.92 Å². The molecule has 62 valence electrons. The van der Waals surface area contributed by atoms with Crippen LogP contribution in [0, 0.1) is 0 Å². The minimum atomic E-state index is 0.778. The van der Waals surface area contributed by atoms with Crippen molar-refractivity contribution in [3.8, 4) is 0 Å². The predicted molar refractivity (Wildman–Crippen MR) is 50.4 cm³/mol. The smallest absolute Gasteiger partial charge is 0.0677 e. The standard InChI is InChI=1S/C9H9ClN2/c1-2-12-6-8(10)7-5-11-4-3-9(7)12/h3-6H,2H2,1H3. The van der Waals surface area contributed by atoms with Crippen molar-refractivity contribution >= 4 is 22.5 Å². The molecule has 2 heterocycles. The molecule has 0 saturated carbocycles. The Balaban J connectivity index is 2.82. The average molecular weight is 181 g/mol. The molecule has 0 saturated heterocycles. The van der Waals surface area contributed by atoms with E-state index in [0.29, 0.717) is 0 Å². The molecule has 0 fully saturated rings. The quantitative estimate of drug-likeness (QED) is 0.660. The largest absolute Gasteiger partial charge is 0.346 e. The molecule has 0 atom stereocenters. The fourth-order valence-electron chi connectivity index (χ4n) is 1.36. The van der Waals surface area contributed by atoms with Crippen molar-refractivity contribution in [2.45, 2.75) is 13.5 Å². The monoisotopic (exact) mass is 180 g/mol. The predicted octanol–water partition coefficient (Wildman–Crippen LogP) is 2.71. The van der Waals surface area contributed by atoms with Gasteiger partial charge in [0.2, 0.25) is 0 Å². The second kappa shape index (κ2) is 2.79. The number of hydrogen-bond acceptors (Lipinski definition) is 1. The van der Waals surface area contributed by atoms with Gasteiger partial charge in [-0.25, -0.2) is 0 Å². The summed E-state index contributed by atoms with van der Waals surface area (Å²) in [7, 11) is 0. The maximum Gasteiger partial charge on any atom is 0.0677 e. The number of aromatic nitrogens is 2.